The van der Waals surface area contributed by atoms with E-state index in [0.29, 0.717) is 12.2 Å². The maximum Gasteiger partial charge on any atom is 0.150 e. The number of nitrogens with zero attached hydrogens (tertiary/aromatic N) is 3. The van der Waals surface area contributed by atoms with Crippen molar-refractivity contribution in [2.75, 3.05) is 11.5 Å². The van der Waals surface area contributed by atoms with E-state index in [-0.39, 0.29) is 5.78 Å². The molecule has 0 fully saturated rings. The summed E-state index contributed by atoms with van der Waals surface area (Å²) in [6.07, 6.45) is 3.03. The first-order valence-corrected chi connectivity index (χ1v) is 6.39. The van der Waals surface area contributed by atoms with Crippen LogP contribution in [0.4, 0.5) is 0 Å². The van der Waals surface area contributed by atoms with Crippen molar-refractivity contribution in [1.29, 1.82) is 0 Å². The summed E-state index contributed by atoms with van der Waals surface area (Å²) >= 11 is 1.69. The van der Waals surface area contributed by atoms with Crippen LogP contribution in [0.25, 0.3) is 0 Å². The predicted octanol–water partition coefficient (Wildman–Crippen LogP) is 1.55. The minimum atomic E-state index is 0.233. The number of carbonyl (C=O) groups excluding carboxylic acids is 1. The molecular formula is C10H17N3OS. The summed E-state index contributed by atoms with van der Waals surface area (Å²) in [5, 5.41) is 4.03. The largest absolute Gasteiger partial charge is 0.298 e. The SMILES string of the molecule is CCCSCC(=O)Cc1ncnn1CC. The highest BCUT2D eigenvalue weighted by Crippen LogP contribution is 2.04. The van der Waals surface area contributed by atoms with Gasteiger partial charge in [0, 0.05) is 6.54 Å². The molecule has 0 atom stereocenters. The van der Waals surface area contributed by atoms with Gasteiger partial charge in [0.1, 0.15) is 17.9 Å². The number of aryl methyl sites for hydroxylation is 1. The molecule has 0 amide bonds. The molecule has 0 saturated carbocycles. The normalized spacial score (nSPS) is 10.5. The molecule has 1 heterocycles. The van der Waals surface area contributed by atoms with Crippen molar-refractivity contribution in [3.05, 3.63) is 12.2 Å². The zero-order valence-corrected chi connectivity index (χ0v) is 10.1. The van der Waals surface area contributed by atoms with Crippen LogP contribution in [0.3, 0.4) is 0 Å². The van der Waals surface area contributed by atoms with Crippen molar-refractivity contribution in [1.82, 2.24) is 14.8 Å². The molecule has 0 aliphatic rings. The molecule has 0 radical (unpaired) electrons. The van der Waals surface area contributed by atoms with Gasteiger partial charge in [-0.25, -0.2) is 9.67 Å². The summed E-state index contributed by atoms with van der Waals surface area (Å²) in [4.78, 5) is 15.6. The molecule has 0 unspecified atom stereocenters. The van der Waals surface area contributed by atoms with Crippen LogP contribution in [0.5, 0.6) is 0 Å². The van der Waals surface area contributed by atoms with Crippen molar-refractivity contribution in [3.63, 3.8) is 0 Å². The second-order valence-corrected chi connectivity index (χ2v) is 4.37. The number of Topliss-reactive ketones (excluding diaryl/α,β-unsaturated/α-hetero) is 1. The minimum absolute atomic E-state index is 0.233. The van der Waals surface area contributed by atoms with Crippen molar-refractivity contribution < 1.29 is 4.79 Å². The van der Waals surface area contributed by atoms with Crippen LogP contribution in [0.2, 0.25) is 0 Å². The summed E-state index contributed by atoms with van der Waals surface area (Å²) < 4.78 is 1.77. The van der Waals surface area contributed by atoms with E-state index in [0.717, 1.165) is 24.5 Å². The molecule has 1 aromatic heterocycles. The number of ketones is 1. The first kappa shape index (κ1) is 12.2. The number of carbonyl (C=O) groups is 1. The second-order valence-electron chi connectivity index (χ2n) is 3.26. The molecule has 84 valence electrons. The number of thioether (sulfide) groups is 1. The summed E-state index contributed by atoms with van der Waals surface area (Å²) in [5.41, 5.74) is 0. The third-order valence-electron chi connectivity index (χ3n) is 1.96. The van der Waals surface area contributed by atoms with E-state index in [9.17, 15) is 4.79 Å². The van der Waals surface area contributed by atoms with Gasteiger partial charge in [0.05, 0.1) is 12.2 Å². The Labute approximate surface area is 94.5 Å². The van der Waals surface area contributed by atoms with Crippen LogP contribution in [0.1, 0.15) is 26.1 Å². The van der Waals surface area contributed by atoms with E-state index < -0.39 is 0 Å². The lowest BCUT2D eigenvalue weighted by Gasteiger charge is -2.02. The average molecular weight is 227 g/mol. The molecule has 4 nitrogen and oxygen atoms in total. The molecule has 1 aromatic rings. The van der Waals surface area contributed by atoms with Crippen molar-refractivity contribution >= 4 is 17.5 Å². The van der Waals surface area contributed by atoms with Gasteiger partial charge in [-0.15, -0.1) is 0 Å². The highest BCUT2D eigenvalue weighted by atomic mass is 32.2. The Balaban J connectivity index is 2.37. The predicted molar refractivity (Wildman–Crippen MR) is 62.0 cm³/mol. The van der Waals surface area contributed by atoms with E-state index in [1.54, 1.807) is 16.4 Å². The number of rotatable bonds is 7. The summed E-state index contributed by atoms with van der Waals surface area (Å²) in [5.74, 6) is 2.65. The van der Waals surface area contributed by atoms with Gasteiger partial charge in [0.25, 0.3) is 0 Å². The maximum atomic E-state index is 11.6. The number of hydrogen-bond donors (Lipinski definition) is 0. The summed E-state index contributed by atoms with van der Waals surface area (Å²) in [6, 6.07) is 0. The molecule has 0 saturated heterocycles. The van der Waals surface area contributed by atoms with Crippen LogP contribution < -0.4 is 0 Å². The van der Waals surface area contributed by atoms with Crippen LogP contribution in [-0.4, -0.2) is 32.1 Å². The first-order valence-electron chi connectivity index (χ1n) is 5.24. The molecular weight excluding hydrogens is 210 g/mol. The Kier molecular flexibility index (Phi) is 5.39. The fourth-order valence-electron chi connectivity index (χ4n) is 1.25. The Morgan fingerprint density at radius 2 is 2.33 bits per heavy atom. The highest BCUT2D eigenvalue weighted by Gasteiger charge is 2.08. The molecule has 0 N–H and O–H groups in total. The monoisotopic (exact) mass is 227 g/mol. The lowest BCUT2D eigenvalue weighted by molar-refractivity contribution is -0.116. The Hall–Kier alpha value is -0.840. The van der Waals surface area contributed by atoms with Crippen molar-refractivity contribution in [2.24, 2.45) is 0 Å². The van der Waals surface area contributed by atoms with Gasteiger partial charge >= 0.3 is 0 Å². The van der Waals surface area contributed by atoms with E-state index in [1.165, 1.54) is 6.33 Å². The molecule has 0 bridgehead atoms. The number of hydrogen-bond acceptors (Lipinski definition) is 4. The molecule has 0 spiro atoms. The third kappa shape index (κ3) is 4.03. The van der Waals surface area contributed by atoms with Gasteiger partial charge < -0.3 is 0 Å². The van der Waals surface area contributed by atoms with E-state index in [2.05, 4.69) is 17.0 Å². The van der Waals surface area contributed by atoms with Crippen molar-refractivity contribution in [3.8, 4) is 0 Å². The molecule has 1 rings (SSSR count). The van der Waals surface area contributed by atoms with Gasteiger partial charge in [-0.05, 0) is 19.1 Å². The van der Waals surface area contributed by atoms with Crippen molar-refractivity contribution in [2.45, 2.75) is 33.2 Å². The van der Waals surface area contributed by atoms with Crippen LogP contribution in [0, 0.1) is 0 Å². The average Bonchev–Trinajstić information content (AvgIpc) is 2.65. The van der Waals surface area contributed by atoms with Gasteiger partial charge in [-0.1, -0.05) is 6.92 Å². The molecule has 0 aliphatic heterocycles. The Morgan fingerprint density at radius 3 is 3.00 bits per heavy atom. The second kappa shape index (κ2) is 6.61. The first-order chi connectivity index (χ1) is 7.27. The Bertz CT molecular complexity index is 311. The highest BCUT2D eigenvalue weighted by molar-refractivity contribution is 7.99. The van der Waals surface area contributed by atoms with Gasteiger partial charge in [0.2, 0.25) is 0 Å². The molecule has 0 aliphatic carbocycles. The number of aromatic nitrogens is 3. The fourth-order valence-corrected chi connectivity index (χ4v) is 2.01. The lowest BCUT2D eigenvalue weighted by Crippen LogP contribution is -2.12. The van der Waals surface area contributed by atoms with Gasteiger partial charge in [0.15, 0.2) is 0 Å². The lowest BCUT2D eigenvalue weighted by atomic mass is 10.3. The molecule has 5 heteroatoms. The minimum Gasteiger partial charge on any atom is -0.298 e. The van der Waals surface area contributed by atoms with Crippen LogP contribution in [0.15, 0.2) is 6.33 Å². The standard InChI is InChI=1S/C10H17N3OS/c1-3-5-15-7-9(14)6-10-11-8-12-13(10)4-2/h8H,3-7H2,1-2H3. The Morgan fingerprint density at radius 1 is 1.53 bits per heavy atom. The topological polar surface area (TPSA) is 47.8 Å². The molecule has 15 heavy (non-hydrogen) atoms. The summed E-state index contributed by atoms with van der Waals surface area (Å²) in [6.45, 7) is 4.88. The van der Waals surface area contributed by atoms with E-state index in [4.69, 9.17) is 0 Å². The summed E-state index contributed by atoms with van der Waals surface area (Å²) in [7, 11) is 0. The van der Waals surface area contributed by atoms with Gasteiger partial charge in [-0.3, -0.25) is 4.79 Å². The zero-order chi connectivity index (χ0) is 11.1. The smallest absolute Gasteiger partial charge is 0.150 e. The quantitative estimate of drug-likeness (QED) is 0.663. The van der Waals surface area contributed by atoms with Crippen LogP contribution >= 0.6 is 11.8 Å². The third-order valence-corrected chi connectivity index (χ3v) is 3.19. The molecule has 0 aromatic carbocycles. The zero-order valence-electron chi connectivity index (χ0n) is 9.27. The van der Waals surface area contributed by atoms with E-state index in [1.807, 2.05) is 6.92 Å². The fraction of sp³-hybridized carbons (Fsp3) is 0.700. The van der Waals surface area contributed by atoms with Crippen LogP contribution in [-0.2, 0) is 17.8 Å². The van der Waals surface area contributed by atoms with Gasteiger partial charge in [-0.2, -0.15) is 16.9 Å². The maximum absolute atomic E-state index is 11.6. The van der Waals surface area contributed by atoms with E-state index >= 15 is 0 Å².